The van der Waals surface area contributed by atoms with E-state index in [2.05, 4.69) is 5.32 Å². The van der Waals surface area contributed by atoms with E-state index < -0.39 is 11.7 Å². The molecule has 0 bridgehead atoms. The first-order valence-corrected chi connectivity index (χ1v) is 4.79. The average molecular weight is 217 g/mol. The first kappa shape index (κ1) is 12.0. The molecule has 4 heteroatoms. The normalized spacial score (nSPS) is 16.1. The van der Waals surface area contributed by atoms with Gasteiger partial charge >= 0.3 is 6.18 Å². The van der Waals surface area contributed by atoms with Gasteiger partial charge in [0.1, 0.15) is 5.54 Å². The van der Waals surface area contributed by atoms with Crippen LogP contribution in [0.1, 0.15) is 19.4 Å². The molecular formula is C11H14F3N. The Hall–Kier alpha value is -1.03. The van der Waals surface area contributed by atoms with E-state index in [0.717, 1.165) is 6.92 Å². The van der Waals surface area contributed by atoms with Gasteiger partial charge in [-0.05, 0) is 19.0 Å². The Morgan fingerprint density at radius 1 is 1.13 bits per heavy atom. The summed E-state index contributed by atoms with van der Waals surface area (Å²) < 4.78 is 38.7. The molecule has 1 N–H and O–H groups in total. The van der Waals surface area contributed by atoms with Crippen LogP contribution < -0.4 is 5.32 Å². The summed E-state index contributed by atoms with van der Waals surface area (Å²) in [6.45, 7) is 3.09. The van der Waals surface area contributed by atoms with Gasteiger partial charge in [-0.3, -0.25) is 0 Å². The number of halogens is 3. The Balaban J connectivity index is 3.13. The van der Waals surface area contributed by atoms with Crippen molar-refractivity contribution in [2.75, 3.05) is 6.54 Å². The highest BCUT2D eigenvalue weighted by molar-refractivity contribution is 5.25. The zero-order chi connectivity index (χ0) is 11.5. The SMILES string of the molecule is CCNC(C)(c1ccccc1)C(F)(F)F. The number of benzene rings is 1. The molecule has 0 aliphatic heterocycles. The lowest BCUT2D eigenvalue weighted by atomic mass is 9.91. The Morgan fingerprint density at radius 3 is 2.07 bits per heavy atom. The van der Waals surface area contributed by atoms with Gasteiger partial charge in [0.2, 0.25) is 0 Å². The second kappa shape index (κ2) is 4.23. The van der Waals surface area contributed by atoms with Crippen molar-refractivity contribution in [2.45, 2.75) is 25.6 Å². The minimum absolute atomic E-state index is 0.236. The van der Waals surface area contributed by atoms with Gasteiger partial charge in [0.05, 0.1) is 0 Å². The molecule has 0 amide bonds. The van der Waals surface area contributed by atoms with Crippen LogP contribution in [-0.4, -0.2) is 12.7 Å². The summed E-state index contributed by atoms with van der Waals surface area (Å²) in [5.41, 5.74) is -1.73. The van der Waals surface area contributed by atoms with Gasteiger partial charge in [-0.2, -0.15) is 13.2 Å². The molecule has 0 radical (unpaired) electrons. The highest BCUT2D eigenvalue weighted by atomic mass is 19.4. The lowest BCUT2D eigenvalue weighted by Gasteiger charge is -2.33. The summed E-state index contributed by atoms with van der Waals surface area (Å²) in [6, 6.07) is 7.88. The number of alkyl halides is 3. The number of hydrogen-bond donors (Lipinski definition) is 1. The fourth-order valence-corrected chi connectivity index (χ4v) is 1.49. The van der Waals surface area contributed by atoms with Crippen molar-refractivity contribution in [2.24, 2.45) is 0 Å². The van der Waals surface area contributed by atoms with Crippen LogP contribution in [0, 0.1) is 0 Å². The molecular weight excluding hydrogens is 203 g/mol. The predicted molar refractivity (Wildman–Crippen MR) is 53.5 cm³/mol. The monoisotopic (exact) mass is 217 g/mol. The van der Waals surface area contributed by atoms with Crippen LogP contribution in [0.5, 0.6) is 0 Å². The maximum atomic E-state index is 12.9. The number of hydrogen-bond acceptors (Lipinski definition) is 1. The van der Waals surface area contributed by atoms with Crippen LogP contribution >= 0.6 is 0 Å². The van der Waals surface area contributed by atoms with E-state index in [1.807, 2.05) is 0 Å². The Kier molecular flexibility index (Phi) is 3.39. The summed E-state index contributed by atoms with van der Waals surface area (Å²) in [5, 5.41) is 2.49. The molecule has 1 aromatic rings. The first-order valence-electron chi connectivity index (χ1n) is 4.79. The summed E-state index contributed by atoms with van der Waals surface area (Å²) in [5.74, 6) is 0. The third-order valence-electron chi connectivity index (χ3n) is 2.45. The van der Waals surface area contributed by atoms with Crippen LogP contribution in [0.2, 0.25) is 0 Å². The zero-order valence-corrected chi connectivity index (χ0v) is 8.73. The molecule has 0 saturated heterocycles. The van der Waals surface area contributed by atoms with Crippen LogP contribution in [0.15, 0.2) is 30.3 Å². The van der Waals surface area contributed by atoms with Gasteiger partial charge in [-0.1, -0.05) is 37.3 Å². The number of rotatable bonds is 3. The molecule has 0 heterocycles. The third-order valence-corrected chi connectivity index (χ3v) is 2.45. The first-order chi connectivity index (χ1) is 6.92. The van der Waals surface area contributed by atoms with Crippen LogP contribution in [0.4, 0.5) is 13.2 Å². The second-order valence-electron chi connectivity index (χ2n) is 3.52. The smallest absolute Gasteiger partial charge is 0.300 e. The van der Waals surface area contributed by atoms with E-state index in [1.54, 1.807) is 25.1 Å². The molecule has 1 atom stereocenters. The van der Waals surface area contributed by atoms with Crippen molar-refractivity contribution in [3.8, 4) is 0 Å². The highest BCUT2D eigenvalue weighted by Crippen LogP contribution is 2.38. The van der Waals surface area contributed by atoms with E-state index in [1.165, 1.54) is 12.1 Å². The van der Waals surface area contributed by atoms with Gasteiger partial charge in [-0.15, -0.1) is 0 Å². The Morgan fingerprint density at radius 2 is 1.67 bits per heavy atom. The molecule has 0 aromatic heterocycles. The molecule has 0 fully saturated rings. The molecule has 1 aromatic carbocycles. The van der Waals surface area contributed by atoms with Crippen LogP contribution in [0.25, 0.3) is 0 Å². The minimum atomic E-state index is -4.30. The van der Waals surface area contributed by atoms with Gasteiger partial charge in [0.15, 0.2) is 0 Å². The molecule has 1 nitrogen and oxygen atoms in total. The van der Waals surface area contributed by atoms with E-state index in [4.69, 9.17) is 0 Å². The van der Waals surface area contributed by atoms with Crippen molar-refractivity contribution in [1.82, 2.24) is 5.32 Å². The van der Waals surface area contributed by atoms with E-state index >= 15 is 0 Å². The largest absolute Gasteiger partial charge is 0.410 e. The average Bonchev–Trinajstić information content (AvgIpc) is 2.18. The summed E-state index contributed by atoms with van der Waals surface area (Å²) in [6.07, 6.45) is -4.30. The lowest BCUT2D eigenvalue weighted by molar-refractivity contribution is -0.195. The molecule has 1 rings (SSSR count). The van der Waals surface area contributed by atoms with Crippen molar-refractivity contribution in [1.29, 1.82) is 0 Å². The van der Waals surface area contributed by atoms with Gasteiger partial charge in [-0.25, -0.2) is 0 Å². The molecule has 0 aliphatic carbocycles. The zero-order valence-electron chi connectivity index (χ0n) is 8.73. The predicted octanol–water partition coefficient (Wildman–Crippen LogP) is 3.07. The maximum absolute atomic E-state index is 12.9. The summed E-state index contributed by atoms with van der Waals surface area (Å²) in [7, 11) is 0. The van der Waals surface area contributed by atoms with Gasteiger partial charge < -0.3 is 5.32 Å². The maximum Gasteiger partial charge on any atom is 0.410 e. The fourth-order valence-electron chi connectivity index (χ4n) is 1.49. The quantitative estimate of drug-likeness (QED) is 0.820. The molecule has 0 saturated carbocycles. The molecule has 0 spiro atoms. The van der Waals surface area contributed by atoms with E-state index in [0.29, 0.717) is 0 Å². The van der Waals surface area contributed by atoms with Gasteiger partial charge in [0, 0.05) is 0 Å². The number of nitrogens with one attached hydrogen (secondary N) is 1. The standard InChI is InChI=1S/C11H14F3N/c1-3-15-10(2,11(12,13)14)9-7-5-4-6-8-9/h4-8,15H,3H2,1-2H3. The van der Waals surface area contributed by atoms with E-state index in [-0.39, 0.29) is 12.1 Å². The second-order valence-corrected chi connectivity index (χ2v) is 3.52. The lowest BCUT2D eigenvalue weighted by Crippen LogP contribution is -2.51. The minimum Gasteiger partial charge on any atom is -0.300 e. The Labute approximate surface area is 87.3 Å². The van der Waals surface area contributed by atoms with Crippen molar-refractivity contribution >= 4 is 0 Å². The van der Waals surface area contributed by atoms with Crippen LogP contribution in [-0.2, 0) is 5.54 Å². The van der Waals surface area contributed by atoms with Crippen LogP contribution in [0.3, 0.4) is 0 Å². The van der Waals surface area contributed by atoms with E-state index in [9.17, 15) is 13.2 Å². The third kappa shape index (κ3) is 2.31. The molecule has 84 valence electrons. The topological polar surface area (TPSA) is 12.0 Å². The van der Waals surface area contributed by atoms with Gasteiger partial charge in [0.25, 0.3) is 0 Å². The summed E-state index contributed by atoms with van der Waals surface area (Å²) in [4.78, 5) is 0. The summed E-state index contributed by atoms with van der Waals surface area (Å²) >= 11 is 0. The van der Waals surface area contributed by atoms with Crippen molar-refractivity contribution in [3.63, 3.8) is 0 Å². The van der Waals surface area contributed by atoms with Crippen molar-refractivity contribution in [3.05, 3.63) is 35.9 Å². The fraction of sp³-hybridized carbons (Fsp3) is 0.455. The van der Waals surface area contributed by atoms with Crippen molar-refractivity contribution < 1.29 is 13.2 Å². The highest BCUT2D eigenvalue weighted by Gasteiger charge is 2.51. The Bertz CT molecular complexity index is 307. The molecule has 0 aliphatic rings. The molecule has 15 heavy (non-hydrogen) atoms. The molecule has 1 unspecified atom stereocenters.